The van der Waals surface area contributed by atoms with Crippen LogP contribution in [0.25, 0.3) is 0 Å². The van der Waals surface area contributed by atoms with Crippen molar-refractivity contribution in [2.24, 2.45) is 0 Å². The molecule has 3 nitrogen and oxygen atoms in total. The number of pyridine rings is 1. The second-order valence-electron chi connectivity index (χ2n) is 2.37. The molecule has 0 unspecified atom stereocenters. The summed E-state index contributed by atoms with van der Waals surface area (Å²) in [6.07, 6.45) is 3.05. The quantitative estimate of drug-likeness (QED) is 0.705. The van der Waals surface area contributed by atoms with Crippen LogP contribution in [0.15, 0.2) is 18.5 Å². The summed E-state index contributed by atoms with van der Waals surface area (Å²) >= 11 is 0. The van der Waals surface area contributed by atoms with Gasteiger partial charge in [-0.15, -0.1) is 0 Å². The van der Waals surface area contributed by atoms with Crippen LogP contribution >= 0.6 is 0 Å². The Morgan fingerprint density at radius 3 is 2.67 bits per heavy atom. The maximum absolute atomic E-state index is 11.2. The van der Waals surface area contributed by atoms with Crippen LogP contribution in [0.4, 0.5) is 0 Å². The Morgan fingerprint density at radius 1 is 1.58 bits per heavy atom. The molecule has 1 aromatic rings. The number of nitrogens with zero attached hydrogens (tertiary/aromatic N) is 2. The molecule has 0 aliphatic heterocycles. The van der Waals surface area contributed by atoms with E-state index in [4.69, 9.17) is 0 Å². The van der Waals surface area contributed by atoms with Crippen molar-refractivity contribution >= 4 is 5.91 Å². The molecule has 12 heavy (non-hydrogen) atoms. The summed E-state index contributed by atoms with van der Waals surface area (Å²) in [6, 6.07) is 4.36. The fourth-order valence-corrected chi connectivity index (χ4v) is 0.700. The number of carbonyl (C=O) groups excluding carboxylic acids is 1. The average Bonchev–Trinajstić information content (AvgIpc) is 2.05. The van der Waals surface area contributed by atoms with Crippen molar-refractivity contribution in [3.63, 3.8) is 0 Å². The normalized spacial score (nSPS) is 8.50. The first-order valence-corrected chi connectivity index (χ1v) is 3.24. The van der Waals surface area contributed by atoms with Gasteiger partial charge in [0.05, 0.1) is 0 Å². The standard InChI is InChI=1S/C8H9N2O.W/c1-10(2)8(11)7-4-3-5-9-6-7;/h4-6H,1-2H3;/q-1;. The first-order valence-electron chi connectivity index (χ1n) is 3.24. The molecule has 1 aromatic heterocycles. The zero-order valence-corrected chi connectivity index (χ0v) is 9.88. The summed E-state index contributed by atoms with van der Waals surface area (Å²) in [5.74, 6) is -0.0469. The first-order chi connectivity index (χ1) is 5.22. The predicted molar refractivity (Wildman–Crippen MR) is 41.1 cm³/mol. The van der Waals surface area contributed by atoms with Crippen LogP contribution in [-0.2, 0) is 21.1 Å². The van der Waals surface area contributed by atoms with Crippen molar-refractivity contribution in [2.75, 3.05) is 14.1 Å². The van der Waals surface area contributed by atoms with Gasteiger partial charge in [-0.05, 0) is 6.20 Å². The van der Waals surface area contributed by atoms with E-state index < -0.39 is 0 Å². The smallest absolute Gasteiger partial charge is 0.172 e. The van der Waals surface area contributed by atoms with Gasteiger partial charge >= 0.3 is 0 Å². The molecule has 0 spiro atoms. The van der Waals surface area contributed by atoms with Gasteiger partial charge in [0, 0.05) is 35.2 Å². The fourth-order valence-electron chi connectivity index (χ4n) is 0.700. The number of amides is 1. The molecular formula is C8H9N2OW-. The third-order valence-corrected chi connectivity index (χ3v) is 1.25. The van der Waals surface area contributed by atoms with Gasteiger partial charge in [-0.1, -0.05) is 11.8 Å². The molecule has 64 valence electrons. The fraction of sp³-hybridized carbons (Fsp3) is 0.250. The Labute approximate surface area is 86.1 Å². The average molecular weight is 333 g/mol. The van der Waals surface area contributed by atoms with E-state index >= 15 is 0 Å². The SMILES string of the molecule is CN(C)C(=O)c1c[c-]cnc1.[W]. The molecule has 0 atom stereocenters. The van der Waals surface area contributed by atoms with Crippen LogP contribution in [0.1, 0.15) is 10.4 Å². The summed E-state index contributed by atoms with van der Waals surface area (Å²) in [4.78, 5) is 16.5. The zero-order chi connectivity index (χ0) is 8.27. The second kappa shape index (κ2) is 5.04. The van der Waals surface area contributed by atoms with E-state index in [0.717, 1.165) is 0 Å². The van der Waals surface area contributed by atoms with E-state index in [-0.39, 0.29) is 27.0 Å². The third-order valence-electron chi connectivity index (χ3n) is 1.25. The Kier molecular flexibility index (Phi) is 4.75. The number of hydrogen-bond acceptors (Lipinski definition) is 2. The molecule has 0 aliphatic carbocycles. The van der Waals surface area contributed by atoms with Crippen LogP contribution in [0.5, 0.6) is 0 Å². The maximum Gasteiger partial charge on any atom is 0.172 e. The molecule has 1 heterocycles. The molecule has 1 rings (SSSR count). The number of carbonyl (C=O) groups is 1. The molecule has 0 aromatic carbocycles. The van der Waals surface area contributed by atoms with Crippen molar-refractivity contribution in [3.8, 4) is 0 Å². The van der Waals surface area contributed by atoms with Crippen LogP contribution in [-0.4, -0.2) is 29.9 Å². The topological polar surface area (TPSA) is 33.2 Å². The van der Waals surface area contributed by atoms with Crippen molar-refractivity contribution in [2.45, 2.75) is 0 Å². The molecule has 0 aliphatic rings. The van der Waals surface area contributed by atoms with E-state index in [2.05, 4.69) is 11.1 Å². The minimum atomic E-state index is -0.0469. The van der Waals surface area contributed by atoms with Gasteiger partial charge in [-0.3, -0.25) is 4.79 Å². The van der Waals surface area contributed by atoms with Crippen LogP contribution in [0.3, 0.4) is 0 Å². The summed E-state index contributed by atoms with van der Waals surface area (Å²) in [6.45, 7) is 0. The van der Waals surface area contributed by atoms with Gasteiger partial charge < -0.3 is 9.88 Å². The van der Waals surface area contributed by atoms with E-state index in [1.807, 2.05) is 0 Å². The Balaban J connectivity index is 0.00000121. The molecule has 0 bridgehead atoms. The molecule has 4 heteroatoms. The van der Waals surface area contributed by atoms with E-state index in [1.165, 1.54) is 17.3 Å². The van der Waals surface area contributed by atoms with Gasteiger partial charge in [0.1, 0.15) is 0 Å². The molecule has 0 saturated heterocycles. The summed E-state index contributed by atoms with van der Waals surface area (Å²) in [5, 5.41) is 0. The molecule has 0 N–H and O–H groups in total. The number of hydrogen-bond donors (Lipinski definition) is 0. The molecule has 0 saturated carbocycles. The van der Waals surface area contributed by atoms with Crippen LogP contribution < -0.4 is 0 Å². The monoisotopic (exact) mass is 333 g/mol. The number of aromatic nitrogens is 1. The summed E-state index contributed by atoms with van der Waals surface area (Å²) < 4.78 is 0. The summed E-state index contributed by atoms with van der Waals surface area (Å²) in [5.41, 5.74) is 0.567. The molecule has 0 radical (unpaired) electrons. The van der Waals surface area contributed by atoms with Crippen molar-refractivity contribution in [1.29, 1.82) is 0 Å². The minimum Gasteiger partial charge on any atom is -0.360 e. The zero-order valence-electron chi connectivity index (χ0n) is 6.94. The van der Waals surface area contributed by atoms with Crippen LogP contribution in [0.2, 0.25) is 0 Å². The van der Waals surface area contributed by atoms with E-state index in [0.29, 0.717) is 5.56 Å². The molecule has 0 fully saturated rings. The largest absolute Gasteiger partial charge is 0.360 e. The summed E-state index contributed by atoms with van der Waals surface area (Å²) in [7, 11) is 3.41. The second-order valence-corrected chi connectivity index (χ2v) is 2.37. The predicted octanol–water partition coefficient (Wildman–Crippen LogP) is 0.581. The van der Waals surface area contributed by atoms with Gasteiger partial charge in [-0.2, -0.15) is 0 Å². The molecular weight excluding hydrogens is 324 g/mol. The Morgan fingerprint density at radius 2 is 2.25 bits per heavy atom. The number of rotatable bonds is 1. The molecule has 1 amide bonds. The Hall–Kier alpha value is -0.692. The Bertz CT molecular complexity index is 248. The van der Waals surface area contributed by atoms with E-state index in [9.17, 15) is 4.79 Å². The van der Waals surface area contributed by atoms with Gasteiger partial charge in [0.25, 0.3) is 0 Å². The first kappa shape index (κ1) is 11.3. The maximum atomic E-state index is 11.2. The van der Waals surface area contributed by atoms with E-state index in [1.54, 1.807) is 20.2 Å². The van der Waals surface area contributed by atoms with Crippen molar-refractivity contribution in [3.05, 3.63) is 30.1 Å². The van der Waals surface area contributed by atoms with Crippen LogP contribution in [0, 0.1) is 6.07 Å². The minimum absolute atomic E-state index is 0. The van der Waals surface area contributed by atoms with Gasteiger partial charge in [0.2, 0.25) is 0 Å². The van der Waals surface area contributed by atoms with Crippen molar-refractivity contribution < 1.29 is 25.9 Å². The van der Waals surface area contributed by atoms with Gasteiger partial charge in [-0.25, -0.2) is 12.1 Å². The third kappa shape index (κ3) is 2.74. The van der Waals surface area contributed by atoms with Crippen molar-refractivity contribution in [1.82, 2.24) is 9.88 Å². The van der Waals surface area contributed by atoms with Gasteiger partial charge in [0.15, 0.2) is 5.91 Å².